The summed E-state index contributed by atoms with van der Waals surface area (Å²) in [4.78, 5) is 16.7. The maximum Gasteiger partial charge on any atom is 0.224 e. The molecule has 20 heavy (non-hydrogen) atoms. The van der Waals surface area contributed by atoms with Crippen LogP contribution in [0, 0.1) is 0 Å². The second kappa shape index (κ2) is 7.91. The zero-order valence-electron chi connectivity index (χ0n) is 10.8. The summed E-state index contributed by atoms with van der Waals surface area (Å²) in [7, 11) is 0. The SMILES string of the molecule is O=C(CCCCCl)Nc1ccc(Sc2ncn[nH]2)cc1. The number of nitrogens with one attached hydrogen (secondary N) is 2. The zero-order chi connectivity index (χ0) is 14.2. The second-order valence-corrected chi connectivity index (χ2v) is 5.55. The molecule has 7 heteroatoms. The number of benzene rings is 1. The van der Waals surface area contributed by atoms with Crippen molar-refractivity contribution >= 4 is 35.0 Å². The van der Waals surface area contributed by atoms with Crippen molar-refractivity contribution in [3.63, 3.8) is 0 Å². The van der Waals surface area contributed by atoms with Crippen LogP contribution in [0.1, 0.15) is 19.3 Å². The second-order valence-electron chi connectivity index (χ2n) is 4.11. The Morgan fingerprint density at radius 1 is 1.30 bits per heavy atom. The summed E-state index contributed by atoms with van der Waals surface area (Å²) in [5, 5.41) is 10.2. The Morgan fingerprint density at radius 3 is 2.75 bits per heavy atom. The van der Waals surface area contributed by atoms with E-state index in [9.17, 15) is 4.79 Å². The van der Waals surface area contributed by atoms with E-state index in [-0.39, 0.29) is 5.91 Å². The van der Waals surface area contributed by atoms with Gasteiger partial charge < -0.3 is 5.32 Å². The van der Waals surface area contributed by atoms with Gasteiger partial charge in [0.15, 0.2) is 5.16 Å². The normalized spacial score (nSPS) is 10.4. The minimum absolute atomic E-state index is 0.0192. The molecule has 2 aromatic rings. The van der Waals surface area contributed by atoms with E-state index in [4.69, 9.17) is 11.6 Å². The zero-order valence-corrected chi connectivity index (χ0v) is 12.4. The Kier molecular flexibility index (Phi) is 5.88. The van der Waals surface area contributed by atoms with Gasteiger partial charge in [-0.25, -0.2) is 4.98 Å². The van der Waals surface area contributed by atoms with E-state index in [1.807, 2.05) is 24.3 Å². The van der Waals surface area contributed by atoms with Crippen molar-refractivity contribution in [1.82, 2.24) is 15.2 Å². The molecule has 0 unspecified atom stereocenters. The number of unbranched alkanes of at least 4 members (excludes halogenated alkanes) is 1. The highest BCUT2D eigenvalue weighted by Crippen LogP contribution is 2.25. The minimum Gasteiger partial charge on any atom is -0.326 e. The molecule has 1 aromatic heterocycles. The highest BCUT2D eigenvalue weighted by Gasteiger charge is 2.03. The molecule has 0 bridgehead atoms. The quantitative estimate of drug-likeness (QED) is 0.608. The van der Waals surface area contributed by atoms with E-state index in [0.717, 1.165) is 28.6 Å². The smallest absolute Gasteiger partial charge is 0.224 e. The number of anilines is 1. The molecule has 2 N–H and O–H groups in total. The number of carbonyl (C=O) groups excluding carboxylic acids is 1. The first-order valence-corrected chi connectivity index (χ1v) is 7.62. The summed E-state index contributed by atoms with van der Waals surface area (Å²) < 4.78 is 0. The molecule has 1 aromatic carbocycles. The summed E-state index contributed by atoms with van der Waals surface area (Å²) in [5.41, 5.74) is 0.794. The van der Waals surface area contributed by atoms with Crippen LogP contribution in [0.15, 0.2) is 40.6 Å². The van der Waals surface area contributed by atoms with Gasteiger partial charge in [-0.15, -0.1) is 11.6 Å². The number of hydrogen-bond donors (Lipinski definition) is 2. The fourth-order valence-electron chi connectivity index (χ4n) is 1.56. The maximum absolute atomic E-state index is 11.6. The molecule has 0 aliphatic carbocycles. The molecular weight excluding hydrogens is 296 g/mol. The molecule has 0 aliphatic heterocycles. The molecule has 0 atom stereocenters. The van der Waals surface area contributed by atoms with Crippen molar-refractivity contribution in [2.45, 2.75) is 29.3 Å². The Hall–Kier alpha value is -1.53. The number of amides is 1. The fourth-order valence-corrected chi connectivity index (χ4v) is 2.45. The molecule has 0 fully saturated rings. The van der Waals surface area contributed by atoms with Gasteiger partial charge >= 0.3 is 0 Å². The highest BCUT2D eigenvalue weighted by atomic mass is 35.5. The lowest BCUT2D eigenvalue weighted by Gasteiger charge is -2.05. The Bertz CT molecular complexity index is 530. The molecule has 5 nitrogen and oxygen atoms in total. The summed E-state index contributed by atoms with van der Waals surface area (Å²) in [5.74, 6) is 0.617. The van der Waals surface area contributed by atoms with Crippen LogP contribution in [-0.4, -0.2) is 27.0 Å². The van der Waals surface area contributed by atoms with E-state index in [1.165, 1.54) is 18.1 Å². The van der Waals surface area contributed by atoms with Crippen LogP contribution in [0.5, 0.6) is 0 Å². The van der Waals surface area contributed by atoms with E-state index in [0.29, 0.717) is 12.3 Å². The van der Waals surface area contributed by atoms with Gasteiger partial charge in [0.25, 0.3) is 0 Å². The Balaban J connectivity index is 1.83. The standard InChI is InChI=1S/C13H15ClN4OS/c14-8-2-1-3-12(19)17-10-4-6-11(7-5-10)20-13-15-9-16-18-13/h4-7,9H,1-3,8H2,(H,17,19)(H,15,16,18). The fraction of sp³-hybridized carbons (Fsp3) is 0.308. The van der Waals surface area contributed by atoms with Crippen LogP contribution >= 0.6 is 23.4 Å². The average molecular weight is 311 g/mol. The number of halogens is 1. The summed E-state index contributed by atoms with van der Waals surface area (Å²) in [6.45, 7) is 0. The van der Waals surface area contributed by atoms with Crippen molar-refractivity contribution in [2.75, 3.05) is 11.2 Å². The number of H-pyrrole nitrogens is 1. The van der Waals surface area contributed by atoms with Crippen molar-refractivity contribution in [1.29, 1.82) is 0 Å². The molecule has 0 spiro atoms. The summed E-state index contributed by atoms with van der Waals surface area (Å²) >= 11 is 7.06. The molecule has 1 amide bonds. The first-order valence-electron chi connectivity index (χ1n) is 6.27. The largest absolute Gasteiger partial charge is 0.326 e. The van der Waals surface area contributed by atoms with Crippen molar-refractivity contribution in [2.24, 2.45) is 0 Å². The van der Waals surface area contributed by atoms with Gasteiger partial charge in [0.05, 0.1) is 0 Å². The van der Waals surface area contributed by atoms with Crippen molar-refractivity contribution < 1.29 is 4.79 Å². The number of nitrogens with zero attached hydrogens (tertiary/aromatic N) is 2. The third-order valence-corrected chi connectivity index (χ3v) is 3.70. The number of aromatic nitrogens is 3. The average Bonchev–Trinajstić information content (AvgIpc) is 2.94. The molecule has 0 saturated heterocycles. The number of aromatic amines is 1. The van der Waals surface area contributed by atoms with E-state index in [2.05, 4.69) is 20.5 Å². The van der Waals surface area contributed by atoms with Crippen LogP contribution in [0.3, 0.4) is 0 Å². The van der Waals surface area contributed by atoms with Crippen LogP contribution in [-0.2, 0) is 4.79 Å². The third-order valence-electron chi connectivity index (χ3n) is 2.53. The predicted molar refractivity (Wildman–Crippen MR) is 80.1 cm³/mol. The summed E-state index contributed by atoms with van der Waals surface area (Å²) in [6.07, 6.45) is 3.65. The lowest BCUT2D eigenvalue weighted by Crippen LogP contribution is -2.10. The van der Waals surface area contributed by atoms with Crippen LogP contribution in [0.4, 0.5) is 5.69 Å². The number of hydrogen-bond acceptors (Lipinski definition) is 4. The van der Waals surface area contributed by atoms with Crippen LogP contribution in [0.2, 0.25) is 0 Å². The molecule has 0 saturated carbocycles. The number of rotatable bonds is 7. The number of carbonyl (C=O) groups is 1. The lowest BCUT2D eigenvalue weighted by atomic mass is 10.2. The van der Waals surface area contributed by atoms with E-state index in [1.54, 1.807) is 0 Å². The lowest BCUT2D eigenvalue weighted by molar-refractivity contribution is -0.116. The monoisotopic (exact) mass is 310 g/mol. The van der Waals surface area contributed by atoms with E-state index < -0.39 is 0 Å². The van der Waals surface area contributed by atoms with Crippen LogP contribution < -0.4 is 5.32 Å². The number of alkyl halides is 1. The Labute approximate surface area is 126 Å². The van der Waals surface area contributed by atoms with Gasteiger partial charge in [-0.2, -0.15) is 5.10 Å². The van der Waals surface area contributed by atoms with Crippen molar-refractivity contribution in [3.8, 4) is 0 Å². The molecule has 1 heterocycles. The summed E-state index contributed by atoms with van der Waals surface area (Å²) in [6, 6.07) is 7.61. The minimum atomic E-state index is 0.0192. The third kappa shape index (κ3) is 4.86. The first-order chi connectivity index (χ1) is 9.78. The topological polar surface area (TPSA) is 70.7 Å². The molecule has 0 radical (unpaired) electrons. The molecule has 0 aliphatic rings. The van der Waals surface area contributed by atoms with E-state index >= 15 is 0 Å². The van der Waals surface area contributed by atoms with Gasteiger partial charge in [0.1, 0.15) is 6.33 Å². The van der Waals surface area contributed by atoms with Gasteiger partial charge in [0.2, 0.25) is 5.91 Å². The first kappa shape index (κ1) is 14.9. The Morgan fingerprint density at radius 2 is 2.10 bits per heavy atom. The highest BCUT2D eigenvalue weighted by molar-refractivity contribution is 7.99. The maximum atomic E-state index is 11.6. The van der Waals surface area contributed by atoms with Gasteiger partial charge in [0, 0.05) is 22.9 Å². The van der Waals surface area contributed by atoms with Gasteiger partial charge in [-0.3, -0.25) is 9.89 Å². The van der Waals surface area contributed by atoms with Crippen molar-refractivity contribution in [3.05, 3.63) is 30.6 Å². The molecule has 106 valence electrons. The van der Waals surface area contributed by atoms with Crippen LogP contribution in [0.25, 0.3) is 0 Å². The molecule has 2 rings (SSSR count). The molecular formula is C13H15ClN4OS. The van der Waals surface area contributed by atoms with Gasteiger partial charge in [-0.05, 0) is 37.1 Å². The van der Waals surface area contributed by atoms with Gasteiger partial charge in [-0.1, -0.05) is 11.8 Å². The predicted octanol–water partition coefficient (Wildman–Crippen LogP) is 3.30.